The average Bonchev–Trinajstić information content (AvgIpc) is 3.78. The molecule has 1 saturated heterocycles. The molecule has 2 aromatic heterocycles. The van der Waals surface area contributed by atoms with Gasteiger partial charge in [0.2, 0.25) is 0 Å². The Morgan fingerprint density at radius 1 is 1.11 bits per heavy atom. The Labute approximate surface area is 310 Å². The number of H-pyrrole nitrogens is 1. The van der Waals surface area contributed by atoms with Gasteiger partial charge in [0.05, 0.1) is 41.3 Å². The smallest absolute Gasteiger partial charge is 0.278 e. The zero-order valence-corrected chi connectivity index (χ0v) is 30.4. The zero-order chi connectivity index (χ0) is 36.4. The summed E-state index contributed by atoms with van der Waals surface area (Å²) in [5.41, 5.74) is 8.21. The number of nitrogens with one attached hydrogen (secondary N) is 2. The number of anilines is 1. The van der Waals surface area contributed by atoms with Gasteiger partial charge in [-0.25, -0.2) is 9.37 Å². The summed E-state index contributed by atoms with van der Waals surface area (Å²) in [4.78, 5) is 20.9. The molecular weight excluding hydrogens is 695 g/mol. The van der Waals surface area contributed by atoms with E-state index in [0.717, 1.165) is 82.7 Å². The summed E-state index contributed by atoms with van der Waals surface area (Å²) in [6.07, 6.45) is 4.18. The van der Waals surface area contributed by atoms with Crippen LogP contribution in [0.4, 0.5) is 10.1 Å². The molecule has 0 spiro atoms. The van der Waals surface area contributed by atoms with E-state index < -0.39 is 11.6 Å². The summed E-state index contributed by atoms with van der Waals surface area (Å²) in [6, 6.07) is 20.0. The van der Waals surface area contributed by atoms with Crippen molar-refractivity contribution in [1.29, 1.82) is 0 Å². The van der Waals surface area contributed by atoms with Crippen LogP contribution < -0.4 is 14.8 Å². The largest absolute Gasteiger partial charge is 0.444 e. The number of rotatable bonds is 8. The third-order valence-electron chi connectivity index (χ3n) is 10.6. The molecule has 4 aromatic carbocycles. The number of amides is 1. The number of halogens is 2. The van der Waals surface area contributed by atoms with E-state index >= 15 is 0 Å². The first-order chi connectivity index (χ1) is 25.6. The highest BCUT2D eigenvalue weighted by molar-refractivity contribution is 6.30. The first-order valence-electron chi connectivity index (χ1n) is 17.9. The number of imidazole rings is 1. The topological polar surface area (TPSA) is 107 Å². The fourth-order valence-corrected chi connectivity index (χ4v) is 7.77. The molecule has 5 heterocycles. The number of aromatic amines is 1. The lowest BCUT2D eigenvalue weighted by atomic mass is 9.98. The molecule has 53 heavy (non-hydrogen) atoms. The van der Waals surface area contributed by atoms with Gasteiger partial charge in [-0.05, 0) is 92.4 Å². The Morgan fingerprint density at radius 3 is 2.75 bits per heavy atom. The van der Waals surface area contributed by atoms with Crippen LogP contribution in [0, 0.1) is 19.7 Å². The Morgan fingerprint density at radius 2 is 1.98 bits per heavy atom. The third-order valence-corrected chi connectivity index (χ3v) is 10.8. The molecule has 270 valence electrons. The number of fused-ring (bicyclic) bond motifs is 3. The fourth-order valence-electron chi connectivity index (χ4n) is 7.61. The van der Waals surface area contributed by atoms with Gasteiger partial charge in [-0.15, -0.1) is 0 Å². The summed E-state index contributed by atoms with van der Waals surface area (Å²) in [5.74, 6) is 0.163. The highest BCUT2D eigenvalue weighted by atomic mass is 35.5. The van der Waals surface area contributed by atoms with Crippen LogP contribution in [-0.2, 0) is 23.6 Å². The maximum absolute atomic E-state index is 14.9. The second kappa shape index (κ2) is 13.0. The van der Waals surface area contributed by atoms with Crippen LogP contribution in [0.3, 0.4) is 0 Å². The Hall–Kier alpha value is -5.23. The quantitative estimate of drug-likeness (QED) is 0.162. The van der Waals surface area contributed by atoms with Gasteiger partial charge in [0.1, 0.15) is 11.6 Å². The molecule has 1 fully saturated rings. The lowest BCUT2D eigenvalue weighted by molar-refractivity contribution is -0.0708. The summed E-state index contributed by atoms with van der Waals surface area (Å²) in [5, 5.41) is 11.7. The number of nitrogens with zero attached hydrogens (tertiary/aromatic N) is 4. The van der Waals surface area contributed by atoms with E-state index in [2.05, 4.69) is 31.1 Å². The average molecular weight is 733 g/mol. The summed E-state index contributed by atoms with van der Waals surface area (Å²) in [6.45, 7) is 9.31. The predicted molar refractivity (Wildman–Crippen MR) is 202 cm³/mol. The molecular formula is C41H38ClFN6O4. The van der Waals surface area contributed by atoms with Crippen LogP contribution in [0.1, 0.15) is 58.3 Å². The number of carbonyl (C=O) groups excluding carboxylic acids is 1. The van der Waals surface area contributed by atoms with Crippen molar-refractivity contribution in [1.82, 2.24) is 24.6 Å². The first-order valence-corrected chi connectivity index (χ1v) is 18.3. The lowest BCUT2D eigenvalue weighted by Gasteiger charge is -2.29. The van der Waals surface area contributed by atoms with Gasteiger partial charge >= 0.3 is 0 Å². The van der Waals surface area contributed by atoms with E-state index in [1.807, 2.05) is 62.4 Å². The molecule has 0 saturated carbocycles. The predicted octanol–water partition coefficient (Wildman–Crippen LogP) is 8.30. The van der Waals surface area contributed by atoms with Crippen LogP contribution in [0.2, 0.25) is 5.02 Å². The highest BCUT2D eigenvalue weighted by Crippen LogP contribution is 2.49. The Balaban J connectivity index is 0.939. The number of para-hydroxylation sites is 1. The standard InChI is InChI=1S/C41H38ClFN6O4/c1-23-17-26(18-31-24(2)46-47-38(23)31)40(50)44-28-8-10-35-34(20-28)45-37(49(35)21-29-13-16-51-29)22-48-14-11-25(12-15-48)30-5-4-6-36-39(30)53-41(3,52-36)32-9-7-27(42)19-33(32)43/h4-11,17-20,29H,12-16,21-22H2,1-3H3,(H,44,50)(H,46,47)/t29?,41-/m0/s1. The van der Waals surface area contributed by atoms with Crippen molar-refractivity contribution < 1.29 is 23.4 Å². The molecule has 0 radical (unpaired) electrons. The van der Waals surface area contributed by atoms with Gasteiger partial charge < -0.3 is 24.1 Å². The SMILES string of the molecule is Cc1[nH]nc2c(C)cc(C(=O)Nc3ccc4c(c3)nc(CN3CC=C(c5cccc6c5O[C@@](C)(c5ccc(Cl)cc5F)O6)CC3)n4CC3CCO3)cc12. The van der Waals surface area contributed by atoms with Crippen molar-refractivity contribution in [3.63, 3.8) is 0 Å². The van der Waals surface area contributed by atoms with E-state index in [4.69, 9.17) is 30.8 Å². The van der Waals surface area contributed by atoms with Crippen LogP contribution in [0.15, 0.2) is 72.8 Å². The van der Waals surface area contributed by atoms with Crippen LogP contribution >= 0.6 is 11.6 Å². The van der Waals surface area contributed by atoms with Gasteiger partial charge in [-0.2, -0.15) is 5.10 Å². The minimum atomic E-state index is -1.31. The van der Waals surface area contributed by atoms with E-state index in [1.165, 1.54) is 6.07 Å². The number of ether oxygens (including phenoxy) is 3. The number of carbonyl (C=O) groups is 1. The molecule has 1 unspecified atom stereocenters. The second-order valence-electron chi connectivity index (χ2n) is 14.2. The maximum atomic E-state index is 14.9. The van der Waals surface area contributed by atoms with Gasteiger partial charge in [-0.3, -0.25) is 14.8 Å². The van der Waals surface area contributed by atoms with E-state index in [-0.39, 0.29) is 17.6 Å². The number of aryl methyl sites for hydroxylation is 2. The van der Waals surface area contributed by atoms with Crippen molar-refractivity contribution in [2.75, 3.05) is 25.0 Å². The summed E-state index contributed by atoms with van der Waals surface area (Å²) >= 11 is 6.01. The van der Waals surface area contributed by atoms with E-state index in [9.17, 15) is 9.18 Å². The van der Waals surface area contributed by atoms with Crippen molar-refractivity contribution in [2.24, 2.45) is 0 Å². The monoisotopic (exact) mass is 732 g/mol. The second-order valence-corrected chi connectivity index (χ2v) is 14.7. The maximum Gasteiger partial charge on any atom is 0.278 e. The number of hydrogen-bond donors (Lipinski definition) is 2. The van der Waals surface area contributed by atoms with Gasteiger partial charge in [0, 0.05) is 59.5 Å². The van der Waals surface area contributed by atoms with E-state index in [0.29, 0.717) is 40.9 Å². The van der Waals surface area contributed by atoms with Crippen LogP contribution in [0.25, 0.3) is 27.5 Å². The molecule has 2 N–H and O–H groups in total. The highest BCUT2D eigenvalue weighted by Gasteiger charge is 2.42. The fraction of sp³-hybridized carbons (Fsp3) is 0.293. The third kappa shape index (κ3) is 6.12. The van der Waals surface area contributed by atoms with Gasteiger partial charge in [0.15, 0.2) is 11.5 Å². The number of benzene rings is 4. The molecule has 2 atom stereocenters. The van der Waals surface area contributed by atoms with Crippen molar-refractivity contribution >= 4 is 50.7 Å². The Bertz CT molecular complexity index is 2470. The normalized spacial score (nSPS) is 19.8. The van der Waals surface area contributed by atoms with Crippen molar-refractivity contribution in [3.8, 4) is 11.5 Å². The van der Waals surface area contributed by atoms with Gasteiger partial charge in [-0.1, -0.05) is 29.8 Å². The lowest BCUT2D eigenvalue weighted by Crippen LogP contribution is -2.33. The molecule has 12 heteroatoms. The number of aromatic nitrogens is 4. The molecule has 3 aliphatic rings. The zero-order valence-electron chi connectivity index (χ0n) is 29.6. The first kappa shape index (κ1) is 33.6. The summed E-state index contributed by atoms with van der Waals surface area (Å²) < 4.78 is 35.6. The van der Waals surface area contributed by atoms with E-state index in [1.54, 1.807) is 19.1 Å². The minimum absolute atomic E-state index is 0.150. The molecule has 0 bridgehead atoms. The molecule has 6 aromatic rings. The molecule has 1 amide bonds. The summed E-state index contributed by atoms with van der Waals surface area (Å²) in [7, 11) is 0. The van der Waals surface area contributed by atoms with Crippen molar-refractivity contribution in [2.45, 2.75) is 58.6 Å². The van der Waals surface area contributed by atoms with Gasteiger partial charge in [0.25, 0.3) is 11.7 Å². The number of hydrogen-bond acceptors (Lipinski definition) is 7. The molecule has 0 aliphatic carbocycles. The van der Waals surface area contributed by atoms with Crippen LogP contribution in [0.5, 0.6) is 11.5 Å². The Kier molecular flexibility index (Phi) is 8.25. The minimum Gasteiger partial charge on any atom is -0.444 e. The molecule has 3 aliphatic heterocycles. The van der Waals surface area contributed by atoms with Crippen molar-refractivity contribution in [3.05, 3.63) is 117 Å². The van der Waals surface area contributed by atoms with Crippen LogP contribution in [-0.4, -0.2) is 56.4 Å². The molecule has 10 nitrogen and oxygen atoms in total. The molecule has 9 rings (SSSR count).